The first-order valence-electron chi connectivity index (χ1n) is 19.8. The first kappa shape index (κ1) is 50.7. The lowest BCUT2D eigenvalue weighted by Gasteiger charge is -2.50. The zero-order valence-electron chi connectivity index (χ0n) is 37.7. The highest BCUT2D eigenvalue weighted by molar-refractivity contribution is 7.80. The zero-order chi connectivity index (χ0) is 48.0. The lowest BCUT2D eigenvalue weighted by molar-refractivity contribution is -0.753. The molecule has 1 aliphatic rings. The standard InChI is InChI=1S/C39H55N9O14S2/c1-36(2,3)58-32(51)26(22-57-25-16-14-23(15-17-25)24-20-46(12)47(21-24)19-13-18-40-34(52)59-37(4,5)6)61-44-27(29-42-33(63-45-29)43-35(53)60-38(7,8)9)30(49)41-28-31(50)48(39(28,10)11)62-64(54,55)56/h14-17,20-21,26,28H,13,18-19,22H2,1-12H3,(H3-,40,41,42,43,45,49,52,53,54,55,56)/p+1/b44-27-/t26?,28-/m1/s1. The highest BCUT2D eigenvalue weighted by Gasteiger charge is 2.58. The Morgan fingerprint density at radius 1 is 0.953 bits per heavy atom. The maximum Gasteiger partial charge on any atom is 0.418 e. The molecule has 2 atom stereocenters. The molecule has 3 aromatic rings. The number of nitrogens with zero attached hydrogens (tertiary/aromatic N) is 6. The number of oxime groups is 1. The maximum absolute atomic E-state index is 13.8. The Morgan fingerprint density at radius 3 is 2.14 bits per heavy atom. The molecule has 1 saturated heterocycles. The Labute approximate surface area is 374 Å². The summed E-state index contributed by atoms with van der Waals surface area (Å²) in [6.45, 7) is 18.5. The van der Waals surface area contributed by atoms with Crippen LogP contribution in [-0.2, 0) is 61.7 Å². The second-order valence-corrected chi connectivity index (χ2v) is 19.6. The van der Waals surface area contributed by atoms with Gasteiger partial charge in [0.25, 0.3) is 17.9 Å². The normalized spacial score (nSPS) is 16.0. The molecular formula is C39H56N9O14S2+. The number of carbonyl (C=O) groups is 5. The second-order valence-electron chi connectivity index (χ2n) is 17.9. The fraction of sp³-hybridized carbons (Fsp3) is 0.564. The summed E-state index contributed by atoms with van der Waals surface area (Å²) in [5.74, 6) is -3.17. The van der Waals surface area contributed by atoms with Gasteiger partial charge in [0.15, 0.2) is 7.05 Å². The van der Waals surface area contributed by atoms with E-state index in [0.29, 0.717) is 41.9 Å². The van der Waals surface area contributed by atoms with Crippen LogP contribution in [0.25, 0.3) is 11.1 Å². The van der Waals surface area contributed by atoms with E-state index < -0.39 is 93.0 Å². The smallest absolute Gasteiger partial charge is 0.418 e. The van der Waals surface area contributed by atoms with Gasteiger partial charge in [-0.05, 0) is 100 Å². The minimum absolute atomic E-state index is 0.120. The summed E-state index contributed by atoms with van der Waals surface area (Å²) < 4.78 is 66.2. The summed E-state index contributed by atoms with van der Waals surface area (Å²) in [7, 11) is -3.20. The van der Waals surface area contributed by atoms with Crippen molar-refractivity contribution in [2.75, 3.05) is 18.5 Å². The number of hydrogen-bond acceptors (Lipinski definition) is 17. The number of aryl methyl sites for hydroxylation is 2. The number of alkyl carbamates (subject to hydrolysis) is 1. The van der Waals surface area contributed by atoms with Crippen LogP contribution in [0.15, 0.2) is 41.8 Å². The van der Waals surface area contributed by atoms with Crippen molar-refractivity contribution >= 4 is 62.7 Å². The maximum atomic E-state index is 13.8. The molecule has 4 N–H and O–H groups in total. The Balaban J connectivity index is 1.53. The van der Waals surface area contributed by atoms with Crippen LogP contribution in [0, 0.1) is 0 Å². The van der Waals surface area contributed by atoms with Gasteiger partial charge in [0.2, 0.25) is 22.9 Å². The van der Waals surface area contributed by atoms with E-state index in [1.165, 1.54) is 13.8 Å². The molecule has 352 valence electrons. The highest BCUT2D eigenvalue weighted by Crippen LogP contribution is 2.33. The molecule has 0 aliphatic carbocycles. The predicted octanol–water partition coefficient (Wildman–Crippen LogP) is 3.44. The van der Waals surface area contributed by atoms with Crippen molar-refractivity contribution in [2.24, 2.45) is 12.2 Å². The van der Waals surface area contributed by atoms with Crippen LogP contribution in [-0.4, -0.2) is 115 Å². The van der Waals surface area contributed by atoms with Crippen molar-refractivity contribution in [3.63, 3.8) is 0 Å². The largest absolute Gasteiger partial charge is 0.489 e. The SMILES string of the molecule is C[n+]1cc(-c2ccc(OCC(O/N=C(\C(=O)N[C@@H]3C(=O)N(OS(=O)(=O)O)C3(C)C)c3nsc(NC(=O)OC(C)(C)C)n3)C(=O)OC(C)(C)C)cc2)cn1CCCNC(=O)OC(C)(C)C. The number of β-lactam (4-membered cyclic amide) rings is 1. The molecule has 1 fully saturated rings. The minimum Gasteiger partial charge on any atom is -0.489 e. The third kappa shape index (κ3) is 15.1. The predicted molar refractivity (Wildman–Crippen MR) is 228 cm³/mol. The van der Waals surface area contributed by atoms with Crippen LogP contribution in [0.2, 0.25) is 0 Å². The molecule has 1 unspecified atom stereocenters. The van der Waals surface area contributed by atoms with Crippen molar-refractivity contribution in [2.45, 2.75) is 124 Å². The van der Waals surface area contributed by atoms with Crippen LogP contribution < -0.4 is 25.4 Å². The van der Waals surface area contributed by atoms with E-state index in [9.17, 15) is 32.4 Å². The summed E-state index contributed by atoms with van der Waals surface area (Å²) in [5.41, 5.74) is -2.88. The summed E-state index contributed by atoms with van der Waals surface area (Å²) in [4.78, 5) is 74.3. The van der Waals surface area contributed by atoms with E-state index in [1.54, 1.807) is 74.4 Å². The molecule has 2 aromatic heterocycles. The number of benzene rings is 1. The Kier molecular flexibility index (Phi) is 15.7. The number of anilines is 1. The Morgan fingerprint density at radius 2 is 1.56 bits per heavy atom. The minimum atomic E-state index is -5.09. The second kappa shape index (κ2) is 19.9. The van der Waals surface area contributed by atoms with Crippen LogP contribution in [0.3, 0.4) is 0 Å². The molecule has 0 radical (unpaired) electrons. The van der Waals surface area contributed by atoms with Gasteiger partial charge in [-0.25, -0.2) is 14.4 Å². The molecule has 23 nitrogen and oxygen atoms in total. The molecule has 0 saturated carbocycles. The molecule has 4 rings (SSSR count). The molecule has 3 heterocycles. The van der Waals surface area contributed by atoms with E-state index in [-0.39, 0.29) is 5.13 Å². The van der Waals surface area contributed by atoms with E-state index in [4.69, 9.17) is 28.3 Å². The average molecular weight is 939 g/mol. The molecular weight excluding hydrogens is 883 g/mol. The first-order valence-corrected chi connectivity index (χ1v) is 21.9. The van der Waals surface area contributed by atoms with E-state index in [2.05, 4.69) is 34.7 Å². The van der Waals surface area contributed by atoms with Crippen LogP contribution in [0.5, 0.6) is 5.75 Å². The summed E-state index contributed by atoms with van der Waals surface area (Å²) in [6.07, 6.45) is 1.60. The fourth-order valence-corrected chi connectivity index (χ4v) is 6.59. The van der Waals surface area contributed by atoms with E-state index in [0.717, 1.165) is 11.1 Å². The fourth-order valence-electron chi connectivity index (χ4n) is 5.58. The Hall–Kier alpha value is -5.92. The third-order valence-electron chi connectivity index (χ3n) is 8.36. The monoisotopic (exact) mass is 938 g/mol. The average Bonchev–Trinajstić information content (AvgIpc) is 3.75. The van der Waals surface area contributed by atoms with Gasteiger partial charge in [-0.15, -0.1) is 8.97 Å². The van der Waals surface area contributed by atoms with Gasteiger partial charge < -0.3 is 34.4 Å². The molecule has 4 amide bonds. The van der Waals surface area contributed by atoms with Crippen LogP contribution in [0.4, 0.5) is 14.7 Å². The van der Waals surface area contributed by atoms with Gasteiger partial charge in [0, 0.05) is 18.1 Å². The summed E-state index contributed by atoms with van der Waals surface area (Å²) >= 11 is 0.643. The molecule has 64 heavy (non-hydrogen) atoms. The summed E-state index contributed by atoms with van der Waals surface area (Å²) in [6, 6.07) is 5.55. The topological polar surface area (TPSA) is 281 Å². The van der Waals surface area contributed by atoms with Crippen LogP contribution >= 0.6 is 11.5 Å². The number of esters is 1. The van der Waals surface area contributed by atoms with Gasteiger partial charge in [0.1, 0.15) is 35.2 Å². The van der Waals surface area contributed by atoms with Gasteiger partial charge in [-0.3, -0.25) is 19.5 Å². The van der Waals surface area contributed by atoms with Crippen molar-refractivity contribution in [3.05, 3.63) is 42.5 Å². The quantitative estimate of drug-likeness (QED) is 0.0220. The van der Waals surface area contributed by atoms with Crippen LogP contribution in [0.1, 0.15) is 88.4 Å². The number of rotatable bonds is 17. The number of hydroxylamine groups is 2. The van der Waals surface area contributed by atoms with Gasteiger partial charge in [0.05, 0.1) is 23.8 Å². The molecule has 1 aromatic carbocycles. The number of aromatic nitrogens is 4. The number of nitrogens with one attached hydrogen (secondary N) is 3. The molecule has 0 spiro atoms. The van der Waals surface area contributed by atoms with Crippen molar-refractivity contribution < 1.29 is 69.7 Å². The van der Waals surface area contributed by atoms with Crippen molar-refractivity contribution in [3.8, 4) is 16.9 Å². The zero-order valence-corrected chi connectivity index (χ0v) is 39.3. The van der Waals surface area contributed by atoms with Crippen molar-refractivity contribution in [1.29, 1.82) is 0 Å². The summed E-state index contributed by atoms with van der Waals surface area (Å²) in [5, 5.41) is 11.7. The van der Waals surface area contributed by atoms with Gasteiger partial charge in [-0.1, -0.05) is 17.3 Å². The van der Waals surface area contributed by atoms with Gasteiger partial charge >= 0.3 is 28.6 Å². The third-order valence-corrected chi connectivity index (χ3v) is 9.33. The highest BCUT2D eigenvalue weighted by atomic mass is 32.3. The number of hydrogen-bond donors (Lipinski definition) is 4. The van der Waals surface area contributed by atoms with Gasteiger partial charge in [-0.2, -0.15) is 27.5 Å². The lowest BCUT2D eigenvalue weighted by atomic mass is 9.84. The number of carbonyl (C=O) groups excluding carboxylic acids is 5. The lowest BCUT2D eigenvalue weighted by Crippen LogP contribution is -2.76. The van der Waals surface area contributed by atoms with Crippen molar-refractivity contribution in [1.82, 2.24) is 29.7 Å². The Bertz CT molecular complexity index is 2320. The number of amides is 4. The first-order chi connectivity index (χ1) is 29.4. The van der Waals surface area contributed by atoms with E-state index in [1.807, 2.05) is 40.9 Å². The number of ether oxygens (including phenoxy) is 4. The molecule has 0 bridgehead atoms. The molecule has 1 aliphatic heterocycles. The van der Waals surface area contributed by atoms with E-state index >= 15 is 0 Å². The molecule has 25 heteroatoms.